The van der Waals surface area contributed by atoms with Crippen LogP contribution in [0, 0.1) is 0 Å². The van der Waals surface area contributed by atoms with Crippen LogP contribution in [0.2, 0.25) is 0 Å². The highest BCUT2D eigenvalue weighted by molar-refractivity contribution is 5.94. The molecule has 8 nitrogen and oxygen atoms in total. The van der Waals surface area contributed by atoms with Gasteiger partial charge in [-0.3, -0.25) is 9.59 Å². The number of benzene rings is 2. The van der Waals surface area contributed by atoms with E-state index in [0.29, 0.717) is 23.2 Å². The molecule has 1 aromatic heterocycles. The van der Waals surface area contributed by atoms with Crippen LogP contribution in [0.4, 0.5) is 11.5 Å². The Kier molecular flexibility index (Phi) is 7.02. The van der Waals surface area contributed by atoms with Crippen molar-refractivity contribution in [2.75, 3.05) is 29.9 Å². The fraction of sp³-hybridized carbons (Fsp3) is 0.360. The molecule has 4 rings (SSSR count). The van der Waals surface area contributed by atoms with Gasteiger partial charge in [-0.15, -0.1) is 0 Å². The Labute approximate surface area is 192 Å². The third-order valence-corrected chi connectivity index (χ3v) is 5.73. The van der Waals surface area contributed by atoms with Crippen LogP contribution in [0.1, 0.15) is 43.0 Å². The molecule has 8 heteroatoms. The molecule has 3 aromatic rings. The molecule has 0 spiro atoms. The number of carbonyl (C=O) groups is 2. The molecule has 0 radical (unpaired) electrons. The van der Waals surface area contributed by atoms with Gasteiger partial charge in [0.15, 0.2) is 5.82 Å². The molecule has 1 fully saturated rings. The number of rotatable bonds is 6. The van der Waals surface area contributed by atoms with E-state index in [2.05, 4.69) is 15.3 Å². The quantitative estimate of drug-likeness (QED) is 0.579. The van der Waals surface area contributed by atoms with Crippen LogP contribution in [0.5, 0.6) is 0 Å². The van der Waals surface area contributed by atoms with Crippen molar-refractivity contribution >= 4 is 34.2 Å². The van der Waals surface area contributed by atoms with Gasteiger partial charge in [-0.2, -0.15) is 5.10 Å². The minimum absolute atomic E-state index is 0.204. The van der Waals surface area contributed by atoms with E-state index < -0.39 is 5.97 Å². The minimum atomic E-state index is -0.414. The van der Waals surface area contributed by atoms with Crippen molar-refractivity contribution in [3.05, 3.63) is 64.4 Å². The zero-order valence-electron chi connectivity index (χ0n) is 18.8. The second-order valence-corrected chi connectivity index (χ2v) is 8.08. The molecule has 0 bridgehead atoms. The largest absolute Gasteiger partial charge is 0.462 e. The highest BCUT2D eigenvalue weighted by atomic mass is 16.5. The van der Waals surface area contributed by atoms with Gasteiger partial charge in [-0.05, 0) is 50.1 Å². The Bertz CT molecular complexity index is 1200. The first-order valence-corrected chi connectivity index (χ1v) is 11.4. The molecule has 0 saturated carbocycles. The van der Waals surface area contributed by atoms with Crippen LogP contribution in [-0.4, -0.2) is 41.4 Å². The second kappa shape index (κ2) is 10.3. The monoisotopic (exact) mass is 448 g/mol. The van der Waals surface area contributed by atoms with E-state index in [1.165, 1.54) is 17.5 Å². The summed E-state index contributed by atoms with van der Waals surface area (Å²) in [6.45, 7) is 3.60. The fourth-order valence-electron chi connectivity index (χ4n) is 4.08. The zero-order valence-corrected chi connectivity index (χ0v) is 18.8. The summed E-state index contributed by atoms with van der Waals surface area (Å²) in [6, 6.07) is 13.9. The number of anilines is 2. The Morgan fingerprint density at radius 2 is 1.64 bits per heavy atom. The standard InChI is InChI=1S/C25H28N4O4/c1-2-33-25(32)18-11-13-19(14-12-18)26-22(30)17-29-24(31)21-10-6-5-9-20(21)23(27-29)28-15-7-3-4-8-16-28/h5-6,9-14H,2-4,7-8,15-17H2,1H3,(H,26,30). The average Bonchev–Trinajstić information content (AvgIpc) is 3.11. The van der Waals surface area contributed by atoms with Gasteiger partial charge in [-0.25, -0.2) is 9.48 Å². The lowest BCUT2D eigenvalue weighted by Crippen LogP contribution is -2.33. The highest BCUT2D eigenvalue weighted by Crippen LogP contribution is 2.24. The van der Waals surface area contributed by atoms with E-state index in [1.54, 1.807) is 37.3 Å². The van der Waals surface area contributed by atoms with Crippen LogP contribution in [0.3, 0.4) is 0 Å². The number of ether oxygens (including phenoxy) is 1. The van der Waals surface area contributed by atoms with Gasteiger partial charge in [-0.1, -0.05) is 31.0 Å². The van der Waals surface area contributed by atoms with E-state index >= 15 is 0 Å². The van der Waals surface area contributed by atoms with Crippen molar-refractivity contribution in [3.63, 3.8) is 0 Å². The number of nitrogens with zero attached hydrogens (tertiary/aromatic N) is 3. The van der Waals surface area contributed by atoms with Crippen molar-refractivity contribution in [3.8, 4) is 0 Å². The summed E-state index contributed by atoms with van der Waals surface area (Å²) < 4.78 is 6.21. The molecule has 33 heavy (non-hydrogen) atoms. The maximum absolute atomic E-state index is 13.1. The maximum atomic E-state index is 13.1. The molecule has 2 heterocycles. The molecule has 1 aliphatic rings. The van der Waals surface area contributed by atoms with E-state index in [0.717, 1.165) is 37.1 Å². The van der Waals surface area contributed by atoms with Crippen LogP contribution in [0.25, 0.3) is 10.8 Å². The van der Waals surface area contributed by atoms with Crippen LogP contribution >= 0.6 is 0 Å². The minimum Gasteiger partial charge on any atom is -0.462 e. The number of fused-ring (bicyclic) bond motifs is 1. The lowest BCUT2D eigenvalue weighted by molar-refractivity contribution is -0.117. The molecule has 0 unspecified atom stereocenters. The van der Waals surface area contributed by atoms with E-state index in [4.69, 9.17) is 4.74 Å². The number of amides is 1. The number of aromatic nitrogens is 2. The summed E-state index contributed by atoms with van der Waals surface area (Å²) in [7, 11) is 0. The summed E-state index contributed by atoms with van der Waals surface area (Å²) in [6.07, 6.45) is 4.53. The molecule has 0 aliphatic carbocycles. The molecule has 0 atom stereocenters. The van der Waals surface area contributed by atoms with Gasteiger partial charge < -0.3 is 15.0 Å². The van der Waals surface area contributed by atoms with Crippen molar-refractivity contribution in [1.82, 2.24) is 9.78 Å². The Hall–Kier alpha value is -3.68. The molecule has 1 amide bonds. The predicted octanol–water partition coefficient (Wildman–Crippen LogP) is 3.59. The summed E-state index contributed by atoms with van der Waals surface area (Å²) in [5, 5.41) is 8.75. The topological polar surface area (TPSA) is 93.5 Å². The summed E-state index contributed by atoms with van der Waals surface area (Å²) in [5.74, 6) is -0.0346. The number of esters is 1. The first kappa shape index (κ1) is 22.5. The van der Waals surface area contributed by atoms with Crippen molar-refractivity contribution in [1.29, 1.82) is 0 Å². The average molecular weight is 449 g/mol. The number of hydrogen-bond donors (Lipinski definition) is 1. The van der Waals surface area contributed by atoms with Crippen LogP contribution in [-0.2, 0) is 16.1 Å². The van der Waals surface area contributed by atoms with Gasteiger partial charge >= 0.3 is 5.97 Å². The van der Waals surface area contributed by atoms with Crippen molar-refractivity contribution < 1.29 is 14.3 Å². The third kappa shape index (κ3) is 5.22. The summed E-state index contributed by atoms with van der Waals surface area (Å²) in [4.78, 5) is 39.8. The first-order chi connectivity index (χ1) is 16.1. The Balaban J connectivity index is 1.56. The lowest BCUT2D eigenvalue weighted by atomic mass is 10.1. The summed E-state index contributed by atoms with van der Waals surface area (Å²) >= 11 is 0. The smallest absolute Gasteiger partial charge is 0.338 e. The second-order valence-electron chi connectivity index (χ2n) is 8.08. The molecule has 1 N–H and O–H groups in total. The van der Waals surface area contributed by atoms with Gasteiger partial charge in [0.1, 0.15) is 6.54 Å². The van der Waals surface area contributed by atoms with Crippen LogP contribution in [0.15, 0.2) is 53.3 Å². The molecule has 2 aromatic carbocycles. The van der Waals surface area contributed by atoms with Gasteiger partial charge in [0.2, 0.25) is 5.91 Å². The highest BCUT2D eigenvalue weighted by Gasteiger charge is 2.19. The first-order valence-electron chi connectivity index (χ1n) is 11.4. The third-order valence-electron chi connectivity index (χ3n) is 5.73. The van der Waals surface area contributed by atoms with E-state index in [-0.39, 0.29) is 18.0 Å². The van der Waals surface area contributed by atoms with Crippen molar-refractivity contribution in [2.24, 2.45) is 0 Å². The SMILES string of the molecule is CCOC(=O)c1ccc(NC(=O)Cn2nc(N3CCCCCC3)c3ccccc3c2=O)cc1. The van der Waals surface area contributed by atoms with E-state index in [1.807, 2.05) is 18.2 Å². The molecular weight excluding hydrogens is 420 g/mol. The predicted molar refractivity (Wildman–Crippen MR) is 128 cm³/mol. The zero-order chi connectivity index (χ0) is 23.2. The van der Waals surface area contributed by atoms with Crippen LogP contribution < -0.4 is 15.8 Å². The van der Waals surface area contributed by atoms with E-state index in [9.17, 15) is 14.4 Å². The number of carbonyl (C=O) groups excluding carboxylic acids is 2. The number of nitrogens with one attached hydrogen (secondary N) is 1. The summed E-state index contributed by atoms with van der Waals surface area (Å²) in [5.41, 5.74) is 0.635. The molecule has 1 saturated heterocycles. The maximum Gasteiger partial charge on any atom is 0.338 e. The fourth-order valence-corrected chi connectivity index (χ4v) is 4.08. The molecular formula is C25H28N4O4. The lowest BCUT2D eigenvalue weighted by Gasteiger charge is -2.23. The van der Waals surface area contributed by atoms with Gasteiger partial charge in [0.25, 0.3) is 5.56 Å². The molecule has 1 aliphatic heterocycles. The Morgan fingerprint density at radius 1 is 0.970 bits per heavy atom. The van der Waals surface area contributed by atoms with Gasteiger partial charge in [0, 0.05) is 24.2 Å². The van der Waals surface area contributed by atoms with Crippen molar-refractivity contribution in [2.45, 2.75) is 39.2 Å². The Morgan fingerprint density at radius 3 is 2.30 bits per heavy atom. The van der Waals surface area contributed by atoms with Gasteiger partial charge in [0.05, 0.1) is 17.6 Å². The molecule has 172 valence electrons. The number of hydrogen-bond acceptors (Lipinski definition) is 6. The normalized spacial score (nSPS) is 14.0.